The van der Waals surface area contributed by atoms with Gasteiger partial charge in [-0.2, -0.15) is 0 Å². The zero-order chi connectivity index (χ0) is 13.8. The van der Waals surface area contributed by atoms with Crippen LogP contribution in [-0.2, 0) is 0 Å². The summed E-state index contributed by atoms with van der Waals surface area (Å²) in [6.45, 7) is 6.57. The minimum atomic E-state index is 0.452. The van der Waals surface area contributed by atoms with Gasteiger partial charge in [0.1, 0.15) is 0 Å². The maximum absolute atomic E-state index is 3.35. The second kappa shape index (κ2) is 6.03. The Morgan fingerprint density at radius 1 is 1.00 bits per heavy atom. The van der Waals surface area contributed by atoms with Crippen LogP contribution in [0.1, 0.15) is 36.1 Å². The highest BCUT2D eigenvalue weighted by molar-refractivity contribution is 5.68. The second-order valence-electron chi connectivity index (χ2n) is 5.12. The van der Waals surface area contributed by atoms with Gasteiger partial charge in [0.25, 0.3) is 0 Å². The molecule has 1 unspecified atom stereocenters. The Morgan fingerprint density at radius 2 is 1.68 bits per heavy atom. The molecule has 0 aromatic heterocycles. The molecule has 2 aromatic rings. The number of benzene rings is 2. The molecule has 0 aliphatic carbocycles. The van der Waals surface area contributed by atoms with Crippen LogP contribution in [0.3, 0.4) is 0 Å². The van der Waals surface area contributed by atoms with Crippen molar-refractivity contribution in [3.63, 3.8) is 0 Å². The van der Waals surface area contributed by atoms with Crippen molar-refractivity contribution in [3.05, 3.63) is 59.2 Å². The van der Waals surface area contributed by atoms with Gasteiger partial charge in [-0.05, 0) is 55.1 Å². The van der Waals surface area contributed by atoms with E-state index in [4.69, 9.17) is 0 Å². The van der Waals surface area contributed by atoms with E-state index in [9.17, 15) is 0 Å². The van der Waals surface area contributed by atoms with E-state index >= 15 is 0 Å². The van der Waals surface area contributed by atoms with Gasteiger partial charge in [-0.25, -0.2) is 0 Å². The molecular formula is C18H23N. The molecule has 100 valence electrons. The van der Waals surface area contributed by atoms with Crippen molar-refractivity contribution in [3.8, 4) is 11.1 Å². The average Bonchev–Trinajstić information content (AvgIpc) is 2.44. The van der Waals surface area contributed by atoms with Crippen LogP contribution in [0.5, 0.6) is 0 Å². The third kappa shape index (κ3) is 2.87. The third-order valence-corrected chi connectivity index (χ3v) is 3.99. The molecule has 0 bridgehead atoms. The van der Waals surface area contributed by atoms with Gasteiger partial charge >= 0.3 is 0 Å². The van der Waals surface area contributed by atoms with Crippen molar-refractivity contribution in [2.75, 3.05) is 7.05 Å². The normalized spacial score (nSPS) is 12.4. The molecule has 1 nitrogen and oxygen atoms in total. The minimum Gasteiger partial charge on any atom is -0.313 e. The van der Waals surface area contributed by atoms with E-state index in [2.05, 4.69) is 68.6 Å². The molecular weight excluding hydrogens is 230 g/mol. The Hall–Kier alpha value is -1.60. The molecule has 0 radical (unpaired) electrons. The highest BCUT2D eigenvalue weighted by Crippen LogP contribution is 2.27. The minimum absolute atomic E-state index is 0.452. The number of hydrogen-bond donors (Lipinski definition) is 1. The molecule has 0 amide bonds. The van der Waals surface area contributed by atoms with Crippen LogP contribution in [0.2, 0.25) is 0 Å². The summed E-state index contributed by atoms with van der Waals surface area (Å²) in [5.74, 6) is 0. The summed E-state index contributed by atoms with van der Waals surface area (Å²) in [6, 6.07) is 15.9. The predicted octanol–water partition coefficient (Wildman–Crippen LogP) is 4.64. The fourth-order valence-electron chi connectivity index (χ4n) is 2.57. The molecule has 1 N–H and O–H groups in total. The summed E-state index contributed by atoms with van der Waals surface area (Å²) in [5, 5.41) is 3.35. The van der Waals surface area contributed by atoms with Crippen LogP contribution in [-0.4, -0.2) is 7.05 Å². The first-order valence-electron chi connectivity index (χ1n) is 7.01. The Labute approximate surface area is 116 Å². The number of nitrogens with one attached hydrogen (secondary N) is 1. The fourth-order valence-corrected chi connectivity index (χ4v) is 2.57. The quantitative estimate of drug-likeness (QED) is 0.837. The van der Waals surface area contributed by atoms with Gasteiger partial charge in [-0.1, -0.05) is 49.4 Å². The Morgan fingerprint density at radius 3 is 2.26 bits per heavy atom. The summed E-state index contributed by atoms with van der Waals surface area (Å²) < 4.78 is 0. The second-order valence-corrected chi connectivity index (χ2v) is 5.12. The molecule has 2 rings (SSSR count). The lowest BCUT2D eigenvalue weighted by atomic mass is 9.95. The van der Waals surface area contributed by atoms with Gasteiger partial charge in [0, 0.05) is 6.04 Å². The maximum Gasteiger partial charge on any atom is 0.0314 e. The molecule has 0 saturated heterocycles. The third-order valence-electron chi connectivity index (χ3n) is 3.99. The lowest BCUT2D eigenvalue weighted by molar-refractivity contribution is 0.577. The summed E-state index contributed by atoms with van der Waals surface area (Å²) in [4.78, 5) is 0. The molecule has 1 atom stereocenters. The molecule has 19 heavy (non-hydrogen) atoms. The molecule has 0 spiro atoms. The summed E-state index contributed by atoms with van der Waals surface area (Å²) in [6.07, 6.45) is 1.11. The lowest BCUT2D eigenvalue weighted by Gasteiger charge is -2.15. The fraction of sp³-hybridized carbons (Fsp3) is 0.333. The Kier molecular flexibility index (Phi) is 4.39. The summed E-state index contributed by atoms with van der Waals surface area (Å²) in [5.41, 5.74) is 6.72. The topological polar surface area (TPSA) is 12.0 Å². The maximum atomic E-state index is 3.35. The van der Waals surface area contributed by atoms with E-state index in [-0.39, 0.29) is 0 Å². The van der Waals surface area contributed by atoms with Crippen molar-refractivity contribution < 1.29 is 0 Å². The number of rotatable bonds is 4. The van der Waals surface area contributed by atoms with E-state index in [0.717, 1.165) is 6.42 Å². The first-order valence-corrected chi connectivity index (χ1v) is 7.01. The molecule has 0 aliphatic rings. The van der Waals surface area contributed by atoms with Crippen molar-refractivity contribution >= 4 is 0 Å². The standard InChI is InChI=1S/C18H23N/c1-5-18(19-4)16-11-9-15(10-12-16)17-8-6-7-13(2)14(17)3/h6-12,18-19H,5H2,1-4H3. The van der Waals surface area contributed by atoms with Gasteiger partial charge in [-0.15, -0.1) is 0 Å². The Balaban J connectivity index is 2.35. The molecule has 1 heteroatoms. The molecule has 2 aromatic carbocycles. The van der Waals surface area contributed by atoms with Crippen molar-refractivity contribution in [1.29, 1.82) is 0 Å². The van der Waals surface area contributed by atoms with Crippen LogP contribution in [0.15, 0.2) is 42.5 Å². The monoisotopic (exact) mass is 253 g/mol. The molecule has 0 fully saturated rings. The van der Waals surface area contributed by atoms with E-state index in [1.165, 1.54) is 27.8 Å². The van der Waals surface area contributed by atoms with E-state index in [1.54, 1.807) is 0 Å². The first kappa shape index (κ1) is 13.8. The van der Waals surface area contributed by atoms with Gasteiger partial charge in [-0.3, -0.25) is 0 Å². The summed E-state index contributed by atoms with van der Waals surface area (Å²) in [7, 11) is 2.02. The largest absolute Gasteiger partial charge is 0.313 e. The lowest BCUT2D eigenvalue weighted by Crippen LogP contribution is -2.14. The molecule has 0 saturated carbocycles. The zero-order valence-corrected chi connectivity index (χ0v) is 12.3. The van der Waals surface area contributed by atoms with Crippen molar-refractivity contribution in [1.82, 2.24) is 5.32 Å². The molecule has 0 aliphatic heterocycles. The van der Waals surface area contributed by atoms with Gasteiger partial charge < -0.3 is 5.32 Å². The van der Waals surface area contributed by atoms with Crippen LogP contribution in [0, 0.1) is 13.8 Å². The van der Waals surface area contributed by atoms with E-state index in [1.807, 2.05) is 7.05 Å². The van der Waals surface area contributed by atoms with Crippen molar-refractivity contribution in [2.24, 2.45) is 0 Å². The number of hydrogen-bond acceptors (Lipinski definition) is 1. The SMILES string of the molecule is CCC(NC)c1ccc(-c2cccc(C)c2C)cc1. The average molecular weight is 253 g/mol. The first-order chi connectivity index (χ1) is 9.17. The van der Waals surface area contributed by atoms with Crippen LogP contribution in [0.4, 0.5) is 0 Å². The highest BCUT2D eigenvalue weighted by Gasteiger charge is 2.07. The van der Waals surface area contributed by atoms with E-state index < -0.39 is 0 Å². The van der Waals surface area contributed by atoms with Crippen molar-refractivity contribution in [2.45, 2.75) is 33.2 Å². The van der Waals surface area contributed by atoms with Crippen LogP contribution < -0.4 is 5.32 Å². The zero-order valence-electron chi connectivity index (χ0n) is 12.3. The summed E-state index contributed by atoms with van der Waals surface area (Å²) >= 11 is 0. The van der Waals surface area contributed by atoms with Crippen LogP contribution >= 0.6 is 0 Å². The number of aryl methyl sites for hydroxylation is 1. The molecule has 0 heterocycles. The highest BCUT2D eigenvalue weighted by atomic mass is 14.9. The Bertz CT molecular complexity index is 536. The van der Waals surface area contributed by atoms with Gasteiger partial charge in [0.05, 0.1) is 0 Å². The van der Waals surface area contributed by atoms with Gasteiger partial charge in [0.15, 0.2) is 0 Å². The predicted molar refractivity (Wildman–Crippen MR) is 83.4 cm³/mol. The van der Waals surface area contributed by atoms with E-state index in [0.29, 0.717) is 6.04 Å². The van der Waals surface area contributed by atoms with Gasteiger partial charge in [0.2, 0.25) is 0 Å². The van der Waals surface area contributed by atoms with Crippen LogP contribution in [0.25, 0.3) is 11.1 Å². The smallest absolute Gasteiger partial charge is 0.0314 e.